The molecule has 0 amide bonds. The SMILES string of the molecule is Cc1ccc(N2CCC(C)N(C)C(CN)C2)cc1C. The lowest BCUT2D eigenvalue weighted by Crippen LogP contribution is -2.46. The van der Waals surface area contributed by atoms with Gasteiger partial charge in [0.05, 0.1) is 0 Å². The molecule has 0 radical (unpaired) electrons. The van der Waals surface area contributed by atoms with Gasteiger partial charge >= 0.3 is 0 Å². The largest absolute Gasteiger partial charge is 0.370 e. The Bertz CT molecular complexity index is 430. The molecule has 1 saturated heterocycles. The Morgan fingerprint density at radius 1 is 1.26 bits per heavy atom. The van der Waals surface area contributed by atoms with Gasteiger partial charge in [-0.05, 0) is 57.5 Å². The molecule has 3 nitrogen and oxygen atoms in total. The molecule has 1 aromatic carbocycles. The molecular weight excluding hydrogens is 234 g/mol. The van der Waals surface area contributed by atoms with Gasteiger partial charge in [-0.2, -0.15) is 0 Å². The van der Waals surface area contributed by atoms with Crippen molar-refractivity contribution in [3.63, 3.8) is 0 Å². The van der Waals surface area contributed by atoms with E-state index in [-0.39, 0.29) is 0 Å². The molecule has 1 heterocycles. The number of nitrogens with zero attached hydrogens (tertiary/aromatic N) is 2. The molecule has 19 heavy (non-hydrogen) atoms. The first-order chi connectivity index (χ1) is 9.02. The number of hydrogen-bond acceptors (Lipinski definition) is 3. The summed E-state index contributed by atoms with van der Waals surface area (Å²) in [6, 6.07) is 7.81. The van der Waals surface area contributed by atoms with Crippen LogP contribution in [0.1, 0.15) is 24.5 Å². The molecule has 1 aliphatic rings. The van der Waals surface area contributed by atoms with Gasteiger partial charge in [-0.3, -0.25) is 4.90 Å². The third-order valence-electron chi connectivity index (χ3n) is 4.65. The summed E-state index contributed by atoms with van der Waals surface area (Å²) in [5.41, 5.74) is 10.0. The van der Waals surface area contributed by atoms with E-state index in [0.717, 1.165) is 19.6 Å². The van der Waals surface area contributed by atoms with Gasteiger partial charge in [0.15, 0.2) is 0 Å². The second-order valence-electron chi connectivity index (χ2n) is 5.91. The van der Waals surface area contributed by atoms with E-state index in [1.54, 1.807) is 0 Å². The van der Waals surface area contributed by atoms with Crippen LogP contribution in [0.3, 0.4) is 0 Å². The van der Waals surface area contributed by atoms with E-state index in [1.807, 2.05) is 0 Å². The van der Waals surface area contributed by atoms with Crippen molar-refractivity contribution >= 4 is 5.69 Å². The van der Waals surface area contributed by atoms with E-state index in [1.165, 1.54) is 23.2 Å². The summed E-state index contributed by atoms with van der Waals surface area (Å²) in [5, 5.41) is 0. The quantitative estimate of drug-likeness (QED) is 0.885. The van der Waals surface area contributed by atoms with Crippen molar-refractivity contribution in [1.82, 2.24) is 4.90 Å². The Morgan fingerprint density at radius 2 is 2.00 bits per heavy atom. The summed E-state index contributed by atoms with van der Waals surface area (Å²) in [4.78, 5) is 4.92. The number of benzene rings is 1. The van der Waals surface area contributed by atoms with Gasteiger partial charge in [0.25, 0.3) is 0 Å². The minimum absolute atomic E-state index is 0.444. The number of hydrogen-bond donors (Lipinski definition) is 1. The molecule has 0 aromatic heterocycles. The highest BCUT2D eigenvalue weighted by atomic mass is 15.3. The average molecular weight is 261 g/mol. The Kier molecular flexibility index (Phi) is 4.48. The first-order valence-corrected chi connectivity index (χ1v) is 7.27. The normalized spacial score (nSPS) is 25.4. The van der Waals surface area contributed by atoms with Crippen molar-refractivity contribution in [3.05, 3.63) is 29.3 Å². The van der Waals surface area contributed by atoms with E-state index >= 15 is 0 Å². The van der Waals surface area contributed by atoms with E-state index in [2.05, 4.69) is 55.8 Å². The highest BCUT2D eigenvalue weighted by molar-refractivity contribution is 5.51. The molecule has 2 N–H and O–H groups in total. The topological polar surface area (TPSA) is 32.5 Å². The van der Waals surface area contributed by atoms with Crippen molar-refractivity contribution in [1.29, 1.82) is 0 Å². The number of rotatable bonds is 2. The zero-order valence-corrected chi connectivity index (χ0v) is 12.7. The first kappa shape index (κ1) is 14.4. The fraction of sp³-hybridized carbons (Fsp3) is 0.625. The highest BCUT2D eigenvalue weighted by Crippen LogP contribution is 2.23. The number of nitrogens with two attached hydrogens (primary N) is 1. The van der Waals surface area contributed by atoms with Gasteiger partial charge in [0, 0.05) is 37.4 Å². The highest BCUT2D eigenvalue weighted by Gasteiger charge is 2.25. The maximum atomic E-state index is 5.95. The van der Waals surface area contributed by atoms with Gasteiger partial charge in [-0.15, -0.1) is 0 Å². The van der Waals surface area contributed by atoms with Crippen LogP contribution in [0.4, 0.5) is 5.69 Å². The molecule has 2 unspecified atom stereocenters. The van der Waals surface area contributed by atoms with Crippen LogP contribution in [0, 0.1) is 13.8 Å². The number of aryl methyl sites for hydroxylation is 2. The first-order valence-electron chi connectivity index (χ1n) is 7.27. The van der Waals surface area contributed by atoms with Crippen molar-refractivity contribution < 1.29 is 0 Å². The Labute approximate surface area is 117 Å². The van der Waals surface area contributed by atoms with Crippen molar-refractivity contribution in [3.8, 4) is 0 Å². The Hall–Kier alpha value is -1.06. The van der Waals surface area contributed by atoms with Crippen LogP contribution >= 0.6 is 0 Å². The van der Waals surface area contributed by atoms with E-state index < -0.39 is 0 Å². The van der Waals surface area contributed by atoms with Gasteiger partial charge in [0.1, 0.15) is 0 Å². The predicted octanol–water partition coefficient (Wildman–Crippen LogP) is 2.16. The fourth-order valence-electron chi connectivity index (χ4n) is 2.78. The second-order valence-corrected chi connectivity index (χ2v) is 5.91. The summed E-state index contributed by atoms with van der Waals surface area (Å²) in [7, 11) is 2.20. The summed E-state index contributed by atoms with van der Waals surface area (Å²) < 4.78 is 0. The summed E-state index contributed by atoms with van der Waals surface area (Å²) in [6.07, 6.45) is 1.19. The number of anilines is 1. The molecule has 0 saturated carbocycles. The number of likely N-dealkylation sites (N-methyl/N-ethyl adjacent to an activating group) is 1. The van der Waals surface area contributed by atoms with Crippen molar-refractivity contribution in [2.75, 3.05) is 31.6 Å². The standard InChI is InChI=1S/C16H27N3/c1-12-5-6-15(9-13(12)2)19-8-7-14(3)18(4)16(10-17)11-19/h5-6,9,14,16H,7-8,10-11,17H2,1-4H3. The predicted molar refractivity (Wildman–Crippen MR) is 82.8 cm³/mol. The lowest BCUT2D eigenvalue weighted by atomic mass is 10.1. The van der Waals surface area contributed by atoms with Crippen LogP contribution < -0.4 is 10.6 Å². The molecule has 0 spiro atoms. The van der Waals surface area contributed by atoms with Crippen LogP contribution in [-0.2, 0) is 0 Å². The molecule has 0 aliphatic carbocycles. The third kappa shape index (κ3) is 3.10. The average Bonchev–Trinajstić information content (AvgIpc) is 2.54. The molecule has 2 rings (SSSR count). The lowest BCUT2D eigenvalue weighted by Gasteiger charge is -2.31. The van der Waals surface area contributed by atoms with Crippen LogP contribution in [0.15, 0.2) is 18.2 Å². The zero-order valence-electron chi connectivity index (χ0n) is 12.7. The molecule has 1 aromatic rings. The van der Waals surface area contributed by atoms with Crippen LogP contribution in [-0.4, -0.2) is 43.7 Å². The van der Waals surface area contributed by atoms with E-state index in [0.29, 0.717) is 12.1 Å². The minimum atomic E-state index is 0.444. The third-order valence-corrected chi connectivity index (χ3v) is 4.65. The second kappa shape index (κ2) is 5.93. The lowest BCUT2D eigenvalue weighted by molar-refractivity contribution is 0.201. The fourth-order valence-corrected chi connectivity index (χ4v) is 2.78. The molecule has 2 atom stereocenters. The molecule has 1 aliphatic heterocycles. The summed E-state index contributed by atoms with van der Waals surface area (Å²) >= 11 is 0. The van der Waals surface area contributed by atoms with Crippen molar-refractivity contribution in [2.45, 2.75) is 39.3 Å². The molecule has 3 heteroatoms. The maximum absolute atomic E-state index is 5.95. The Balaban J connectivity index is 2.21. The molecule has 0 bridgehead atoms. The Morgan fingerprint density at radius 3 is 2.63 bits per heavy atom. The van der Waals surface area contributed by atoms with Gasteiger partial charge in [0.2, 0.25) is 0 Å². The van der Waals surface area contributed by atoms with Gasteiger partial charge in [-0.25, -0.2) is 0 Å². The monoisotopic (exact) mass is 261 g/mol. The van der Waals surface area contributed by atoms with Crippen LogP contribution in [0.25, 0.3) is 0 Å². The smallest absolute Gasteiger partial charge is 0.0393 e. The summed E-state index contributed by atoms with van der Waals surface area (Å²) in [5.74, 6) is 0. The maximum Gasteiger partial charge on any atom is 0.0393 e. The molecule has 1 fully saturated rings. The van der Waals surface area contributed by atoms with E-state index in [9.17, 15) is 0 Å². The summed E-state index contributed by atoms with van der Waals surface area (Å²) in [6.45, 7) is 9.52. The van der Waals surface area contributed by atoms with E-state index in [4.69, 9.17) is 5.73 Å². The van der Waals surface area contributed by atoms with Gasteiger partial charge < -0.3 is 10.6 Å². The molecular formula is C16H27N3. The van der Waals surface area contributed by atoms with Crippen LogP contribution in [0.2, 0.25) is 0 Å². The van der Waals surface area contributed by atoms with Crippen LogP contribution in [0.5, 0.6) is 0 Å². The van der Waals surface area contributed by atoms with Crippen molar-refractivity contribution in [2.24, 2.45) is 5.73 Å². The van der Waals surface area contributed by atoms with Gasteiger partial charge in [-0.1, -0.05) is 6.07 Å². The minimum Gasteiger partial charge on any atom is -0.370 e. The molecule has 106 valence electrons. The zero-order chi connectivity index (χ0) is 14.0.